The van der Waals surface area contributed by atoms with Gasteiger partial charge in [0.1, 0.15) is 16.5 Å². The number of benzene rings is 2. The number of hydrogen-bond donors (Lipinski definition) is 1. The Balaban J connectivity index is 2.35. The molecule has 0 radical (unpaired) electrons. The number of carboxylic acids is 1. The maximum absolute atomic E-state index is 13.2. The van der Waals surface area contributed by atoms with E-state index in [9.17, 15) is 17.6 Å². The van der Waals surface area contributed by atoms with Crippen molar-refractivity contribution >= 4 is 16.1 Å². The maximum Gasteiger partial charge on any atom is 0.339 e. The smallest absolute Gasteiger partial charge is 0.339 e. The lowest BCUT2D eigenvalue weighted by Crippen LogP contribution is -2.10. The molecule has 0 spiro atoms. The van der Waals surface area contributed by atoms with Gasteiger partial charge in [0.15, 0.2) is 0 Å². The van der Waals surface area contributed by atoms with E-state index in [1.54, 1.807) is 19.1 Å². The number of carboxylic acid groups (broad SMARTS) is 1. The second-order valence-electron chi connectivity index (χ2n) is 4.30. The van der Waals surface area contributed by atoms with Crippen molar-refractivity contribution in [2.45, 2.75) is 11.8 Å². The summed E-state index contributed by atoms with van der Waals surface area (Å²) in [5.74, 6) is -2.75. The Kier molecular flexibility index (Phi) is 3.95. The van der Waals surface area contributed by atoms with Crippen LogP contribution in [0.15, 0.2) is 47.4 Å². The molecule has 5 nitrogen and oxygen atoms in total. The molecule has 2 aromatic carbocycles. The molecule has 0 fully saturated rings. The summed E-state index contributed by atoms with van der Waals surface area (Å²) in [5, 5.41) is 8.79. The van der Waals surface area contributed by atoms with E-state index in [1.165, 1.54) is 12.1 Å². The Bertz CT molecular complexity index is 782. The van der Waals surface area contributed by atoms with Crippen LogP contribution in [0.3, 0.4) is 0 Å². The molecule has 21 heavy (non-hydrogen) atoms. The minimum Gasteiger partial charge on any atom is -0.478 e. The second-order valence-corrected chi connectivity index (χ2v) is 5.84. The third-order valence-corrected chi connectivity index (χ3v) is 3.95. The van der Waals surface area contributed by atoms with Gasteiger partial charge in [0.25, 0.3) is 0 Å². The van der Waals surface area contributed by atoms with E-state index in [4.69, 9.17) is 9.29 Å². The Labute approximate surface area is 120 Å². The van der Waals surface area contributed by atoms with Gasteiger partial charge in [-0.05, 0) is 37.3 Å². The maximum atomic E-state index is 13.2. The lowest BCUT2D eigenvalue weighted by Gasteiger charge is -2.08. The van der Waals surface area contributed by atoms with Gasteiger partial charge in [0.2, 0.25) is 0 Å². The zero-order valence-electron chi connectivity index (χ0n) is 10.9. The first-order valence-corrected chi connectivity index (χ1v) is 7.24. The molecule has 2 aromatic rings. The van der Waals surface area contributed by atoms with E-state index < -0.39 is 27.5 Å². The van der Waals surface area contributed by atoms with Crippen LogP contribution in [0.4, 0.5) is 4.39 Å². The summed E-state index contributed by atoms with van der Waals surface area (Å²) in [6.07, 6.45) is 0. The molecule has 7 heteroatoms. The molecule has 0 saturated carbocycles. The van der Waals surface area contributed by atoms with E-state index in [0.717, 1.165) is 23.8 Å². The monoisotopic (exact) mass is 310 g/mol. The molecular weight excluding hydrogens is 299 g/mol. The van der Waals surface area contributed by atoms with Crippen LogP contribution in [-0.2, 0) is 10.1 Å². The van der Waals surface area contributed by atoms with Crippen LogP contribution >= 0.6 is 0 Å². The summed E-state index contributed by atoms with van der Waals surface area (Å²) < 4.78 is 42.1. The van der Waals surface area contributed by atoms with E-state index in [1.807, 2.05) is 0 Å². The van der Waals surface area contributed by atoms with Gasteiger partial charge in [0.05, 0.1) is 5.56 Å². The molecule has 0 aliphatic heterocycles. The molecule has 0 aliphatic carbocycles. The highest BCUT2D eigenvalue weighted by Gasteiger charge is 2.18. The number of hydrogen-bond acceptors (Lipinski definition) is 4. The highest BCUT2D eigenvalue weighted by molar-refractivity contribution is 7.87. The fourth-order valence-corrected chi connectivity index (χ4v) is 2.52. The van der Waals surface area contributed by atoms with E-state index in [0.29, 0.717) is 0 Å². The molecule has 0 amide bonds. The first-order chi connectivity index (χ1) is 9.79. The molecule has 0 unspecified atom stereocenters. The van der Waals surface area contributed by atoms with E-state index >= 15 is 0 Å². The summed E-state index contributed by atoms with van der Waals surface area (Å²) >= 11 is 0. The Morgan fingerprint density at radius 1 is 1.14 bits per heavy atom. The Morgan fingerprint density at radius 3 is 2.33 bits per heavy atom. The molecule has 1 N–H and O–H groups in total. The van der Waals surface area contributed by atoms with Gasteiger partial charge >= 0.3 is 16.1 Å². The average molecular weight is 310 g/mol. The zero-order chi connectivity index (χ0) is 15.6. The van der Waals surface area contributed by atoms with Gasteiger partial charge in [-0.25, -0.2) is 9.18 Å². The third-order valence-electron chi connectivity index (χ3n) is 2.68. The van der Waals surface area contributed by atoms with Crippen molar-refractivity contribution < 1.29 is 26.9 Å². The summed E-state index contributed by atoms with van der Waals surface area (Å²) in [5.41, 5.74) is 0.218. The number of carbonyl (C=O) groups is 1. The van der Waals surface area contributed by atoms with Crippen LogP contribution in [0.25, 0.3) is 0 Å². The van der Waals surface area contributed by atoms with Crippen molar-refractivity contribution in [3.05, 3.63) is 59.4 Å². The number of aromatic carboxylic acids is 1. The number of aryl methyl sites for hydroxylation is 1. The molecule has 2 rings (SSSR count). The summed E-state index contributed by atoms with van der Waals surface area (Å²) in [6, 6.07) is 8.64. The average Bonchev–Trinajstić information content (AvgIpc) is 2.41. The van der Waals surface area contributed by atoms with Crippen molar-refractivity contribution in [1.29, 1.82) is 0 Å². The number of halogens is 1. The van der Waals surface area contributed by atoms with Crippen LogP contribution in [0.2, 0.25) is 0 Å². The molecule has 0 atom stereocenters. The first kappa shape index (κ1) is 15.0. The van der Waals surface area contributed by atoms with Crippen molar-refractivity contribution in [1.82, 2.24) is 0 Å². The highest BCUT2D eigenvalue weighted by atomic mass is 32.2. The van der Waals surface area contributed by atoms with Crippen molar-refractivity contribution in [2.75, 3.05) is 0 Å². The van der Waals surface area contributed by atoms with Crippen LogP contribution in [0, 0.1) is 12.7 Å². The zero-order valence-corrected chi connectivity index (χ0v) is 11.7. The van der Waals surface area contributed by atoms with Gasteiger partial charge in [-0.2, -0.15) is 8.42 Å². The molecule has 0 aliphatic rings. The fourth-order valence-electron chi connectivity index (χ4n) is 1.60. The summed E-state index contributed by atoms with van der Waals surface area (Å²) in [4.78, 5) is 10.7. The minimum atomic E-state index is -4.10. The quantitative estimate of drug-likeness (QED) is 0.878. The van der Waals surface area contributed by atoms with E-state index in [2.05, 4.69) is 0 Å². The molecule has 0 saturated heterocycles. The van der Waals surface area contributed by atoms with Crippen molar-refractivity contribution in [3.63, 3.8) is 0 Å². The standard InChI is InChI=1S/C14H11FO5S/c1-9-2-5-11(6-3-9)21(18,19)20-10-4-7-13(15)12(8-10)14(16)17/h2-8H,1H3,(H,16,17). The van der Waals surface area contributed by atoms with Gasteiger partial charge in [-0.3, -0.25) is 0 Å². The lowest BCUT2D eigenvalue weighted by atomic mass is 10.2. The minimum absolute atomic E-state index is 0.0747. The van der Waals surface area contributed by atoms with E-state index in [-0.39, 0.29) is 10.6 Å². The van der Waals surface area contributed by atoms with Crippen LogP contribution in [-0.4, -0.2) is 19.5 Å². The lowest BCUT2D eigenvalue weighted by molar-refractivity contribution is 0.0691. The van der Waals surface area contributed by atoms with Crippen molar-refractivity contribution in [3.8, 4) is 5.75 Å². The molecule has 0 aromatic heterocycles. The third kappa shape index (κ3) is 3.38. The van der Waals surface area contributed by atoms with Gasteiger partial charge in [0, 0.05) is 0 Å². The Hall–Kier alpha value is -2.41. The summed E-state index contributed by atoms with van der Waals surface area (Å²) in [6.45, 7) is 1.80. The molecule has 0 bridgehead atoms. The van der Waals surface area contributed by atoms with Gasteiger partial charge in [-0.1, -0.05) is 17.7 Å². The highest BCUT2D eigenvalue weighted by Crippen LogP contribution is 2.22. The molecular formula is C14H11FO5S. The SMILES string of the molecule is Cc1ccc(S(=O)(=O)Oc2ccc(F)c(C(=O)O)c2)cc1. The predicted octanol–water partition coefficient (Wildman–Crippen LogP) is 2.60. The first-order valence-electron chi connectivity index (χ1n) is 5.83. The van der Waals surface area contributed by atoms with Gasteiger partial charge in [-0.15, -0.1) is 0 Å². The summed E-state index contributed by atoms with van der Waals surface area (Å²) in [7, 11) is -4.10. The largest absolute Gasteiger partial charge is 0.478 e. The second kappa shape index (κ2) is 5.53. The van der Waals surface area contributed by atoms with Crippen molar-refractivity contribution in [2.24, 2.45) is 0 Å². The topological polar surface area (TPSA) is 80.7 Å². The number of rotatable bonds is 4. The molecule has 110 valence electrons. The Morgan fingerprint density at radius 2 is 1.76 bits per heavy atom. The van der Waals surface area contributed by atoms with Gasteiger partial charge < -0.3 is 9.29 Å². The van der Waals surface area contributed by atoms with Crippen LogP contribution in [0.5, 0.6) is 5.75 Å². The fraction of sp³-hybridized carbons (Fsp3) is 0.0714. The predicted molar refractivity (Wildman–Crippen MR) is 72.4 cm³/mol. The van der Waals surface area contributed by atoms with Crippen LogP contribution < -0.4 is 4.18 Å². The molecule has 0 heterocycles. The normalized spacial score (nSPS) is 11.1. The van der Waals surface area contributed by atoms with Crippen LogP contribution in [0.1, 0.15) is 15.9 Å².